The molecule has 2 rings (SSSR count). The van der Waals surface area contributed by atoms with E-state index in [1.807, 2.05) is 12.1 Å². The molecule has 0 saturated carbocycles. The van der Waals surface area contributed by atoms with Gasteiger partial charge in [0, 0.05) is 11.6 Å². The lowest BCUT2D eigenvalue weighted by Crippen LogP contribution is -2.32. The number of rotatable bonds is 6. The van der Waals surface area contributed by atoms with E-state index in [2.05, 4.69) is 36.6 Å². The van der Waals surface area contributed by atoms with Crippen LogP contribution in [0.4, 0.5) is 5.82 Å². The number of hydrogen-bond donors (Lipinski definition) is 2. The van der Waals surface area contributed by atoms with Crippen molar-refractivity contribution < 1.29 is 23.6 Å². The van der Waals surface area contributed by atoms with Crippen LogP contribution in [-0.2, 0) is 19.7 Å². The Hall–Kier alpha value is -3.16. The van der Waals surface area contributed by atoms with Gasteiger partial charge in [0.1, 0.15) is 12.3 Å². The number of amides is 2. The van der Waals surface area contributed by atoms with Crippen molar-refractivity contribution in [2.75, 3.05) is 18.5 Å². The topological polar surface area (TPSA) is 111 Å². The summed E-state index contributed by atoms with van der Waals surface area (Å²) in [5.41, 5.74) is 1.53. The highest BCUT2D eigenvalue weighted by atomic mass is 16.5. The lowest BCUT2D eigenvalue weighted by molar-refractivity contribution is -0.146. The van der Waals surface area contributed by atoms with E-state index in [0.717, 1.165) is 5.56 Å². The predicted molar refractivity (Wildman–Crippen MR) is 98.3 cm³/mol. The smallest absolute Gasteiger partial charge is 0.325 e. The van der Waals surface area contributed by atoms with E-state index in [1.165, 1.54) is 6.07 Å². The average molecular weight is 373 g/mol. The number of benzene rings is 1. The minimum atomic E-state index is -0.721. The van der Waals surface area contributed by atoms with Crippen LogP contribution in [0.25, 0.3) is 0 Å². The molecule has 0 radical (unpaired) electrons. The van der Waals surface area contributed by atoms with E-state index in [0.29, 0.717) is 11.3 Å². The summed E-state index contributed by atoms with van der Waals surface area (Å²) in [4.78, 5) is 35.4. The van der Waals surface area contributed by atoms with Gasteiger partial charge in [0.2, 0.25) is 0 Å². The van der Waals surface area contributed by atoms with E-state index >= 15 is 0 Å². The first-order valence-electron chi connectivity index (χ1n) is 8.42. The van der Waals surface area contributed by atoms with Crippen molar-refractivity contribution in [2.24, 2.45) is 0 Å². The van der Waals surface area contributed by atoms with Crippen molar-refractivity contribution >= 4 is 23.6 Å². The summed E-state index contributed by atoms with van der Waals surface area (Å²) in [7, 11) is 0. The SMILES string of the molecule is Cc1cc(NC(=O)COC(=O)CNC(=O)c2ccc(C(C)(C)C)cc2)no1. The molecule has 0 fully saturated rings. The number of aromatic nitrogens is 1. The zero-order chi connectivity index (χ0) is 20.0. The molecule has 0 unspecified atom stereocenters. The molecule has 27 heavy (non-hydrogen) atoms. The van der Waals surface area contributed by atoms with E-state index in [9.17, 15) is 14.4 Å². The number of ether oxygens (including phenoxy) is 1. The summed E-state index contributed by atoms with van der Waals surface area (Å²) in [6.07, 6.45) is 0. The first kappa shape index (κ1) is 20.2. The zero-order valence-corrected chi connectivity index (χ0v) is 15.8. The molecule has 0 bridgehead atoms. The van der Waals surface area contributed by atoms with Gasteiger partial charge < -0.3 is 19.9 Å². The molecule has 1 aromatic carbocycles. The fraction of sp³-hybridized carbons (Fsp3) is 0.368. The highest BCUT2D eigenvalue weighted by Crippen LogP contribution is 2.22. The lowest BCUT2D eigenvalue weighted by atomic mass is 9.87. The molecule has 2 N–H and O–H groups in total. The molecule has 8 heteroatoms. The second-order valence-electron chi connectivity index (χ2n) is 7.04. The van der Waals surface area contributed by atoms with Crippen LogP contribution in [0.15, 0.2) is 34.9 Å². The normalized spacial score (nSPS) is 11.0. The van der Waals surface area contributed by atoms with Crippen molar-refractivity contribution in [3.8, 4) is 0 Å². The number of esters is 1. The lowest BCUT2D eigenvalue weighted by Gasteiger charge is -2.19. The minimum Gasteiger partial charge on any atom is -0.454 e. The van der Waals surface area contributed by atoms with Crippen LogP contribution in [0.3, 0.4) is 0 Å². The molecule has 0 aliphatic rings. The third-order valence-corrected chi connectivity index (χ3v) is 3.67. The van der Waals surface area contributed by atoms with Crippen molar-refractivity contribution in [1.29, 1.82) is 0 Å². The van der Waals surface area contributed by atoms with E-state index < -0.39 is 24.4 Å². The fourth-order valence-electron chi connectivity index (χ4n) is 2.18. The van der Waals surface area contributed by atoms with Crippen LogP contribution >= 0.6 is 0 Å². The molecule has 0 aliphatic carbocycles. The summed E-state index contributed by atoms with van der Waals surface area (Å²) in [5.74, 6) is -0.891. The molecule has 1 aromatic heterocycles. The number of carbonyl (C=O) groups is 3. The molecule has 0 aliphatic heterocycles. The van der Waals surface area contributed by atoms with Gasteiger partial charge in [-0.05, 0) is 30.0 Å². The van der Waals surface area contributed by atoms with Crippen LogP contribution in [0.2, 0.25) is 0 Å². The maximum Gasteiger partial charge on any atom is 0.325 e. The largest absolute Gasteiger partial charge is 0.454 e. The standard InChI is InChI=1S/C19H23N3O5/c1-12-9-15(22-27-12)21-16(23)11-26-17(24)10-20-18(25)13-5-7-14(8-6-13)19(2,3)4/h5-9H,10-11H2,1-4H3,(H,20,25)(H,21,22,23). The van der Waals surface area contributed by atoms with Gasteiger partial charge >= 0.3 is 5.97 Å². The van der Waals surface area contributed by atoms with Gasteiger partial charge in [-0.3, -0.25) is 14.4 Å². The summed E-state index contributed by atoms with van der Waals surface area (Å²) in [5, 5.41) is 8.47. The van der Waals surface area contributed by atoms with Gasteiger partial charge in [0.15, 0.2) is 12.4 Å². The monoisotopic (exact) mass is 373 g/mol. The third-order valence-electron chi connectivity index (χ3n) is 3.67. The van der Waals surface area contributed by atoms with Crippen LogP contribution < -0.4 is 10.6 Å². The van der Waals surface area contributed by atoms with E-state index in [-0.39, 0.29) is 17.8 Å². The number of anilines is 1. The summed E-state index contributed by atoms with van der Waals surface area (Å²) >= 11 is 0. The molecule has 0 atom stereocenters. The predicted octanol–water partition coefficient (Wildman–Crippen LogP) is 2.19. The molecule has 0 spiro atoms. The van der Waals surface area contributed by atoms with Crippen LogP contribution in [0.5, 0.6) is 0 Å². The van der Waals surface area contributed by atoms with Crippen molar-refractivity contribution in [3.63, 3.8) is 0 Å². The van der Waals surface area contributed by atoms with E-state index in [1.54, 1.807) is 19.1 Å². The first-order chi connectivity index (χ1) is 12.6. The minimum absolute atomic E-state index is 0.00986. The maximum atomic E-state index is 12.1. The highest BCUT2D eigenvalue weighted by Gasteiger charge is 2.15. The molecule has 8 nitrogen and oxygen atoms in total. The number of aryl methyl sites for hydroxylation is 1. The Balaban J connectivity index is 1.74. The van der Waals surface area contributed by atoms with Crippen LogP contribution in [0, 0.1) is 6.92 Å². The van der Waals surface area contributed by atoms with Gasteiger partial charge in [0.05, 0.1) is 0 Å². The van der Waals surface area contributed by atoms with Gasteiger partial charge in [-0.2, -0.15) is 0 Å². The van der Waals surface area contributed by atoms with Crippen LogP contribution in [0.1, 0.15) is 42.5 Å². The molecule has 2 aromatic rings. The van der Waals surface area contributed by atoms with Gasteiger partial charge in [-0.15, -0.1) is 0 Å². The van der Waals surface area contributed by atoms with Crippen molar-refractivity contribution in [2.45, 2.75) is 33.1 Å². The van der Waals surface area contributed by atoms with E-state index in [4.69, 9.17) is 9.26 Å². The maximum absolute atomic E-state index is 12.1. The molecule has 144 valence electrons. The molecular weight excluding hydrogens is 350 g/mol. The summed E-state index contributed by atoms with van der Waals surface area (Å²) < 4.78 is 9.61. The summed E-state index contributed by atoms with van der Waals surface area (Å²) in [6.45, 7) is 7.10. The molecular formula is C19H23N3O5. The second-order valence-corrected chi connectivity index (χ2v) is 7.04. The summed E-state index contributed by atoms with van der Waals surface area (Å²) in [6, 6.07) is 8.69. The van der Waals surface area contributed by atoms with Crippen molar-refractivity contribution in [3.05, 3.63) is 47.2 Å². The zero-order valence-electron chi connectivity index (χ0n) is 15.8. The number of hydrogen-bond acceptors (Lipinski definition) is 6. The Morgan fingerprint density at radius 2 is 1.81 bits per heavy atom. The molecule has 0 saturated heterocycles. The highest BCUT2D eigenvalue weighted by molar-refractivity contribution is 5.96. The Labute approximate surface area is 157 Å². The Bertz CT molecular complexity index is 819. The van der Waals surface area contributed by atoms with Crippen molar-refractivity contribution in [1.82, 2.24) is 10.5 Å². The molecule has 2 amide bonds. The Kier molecular flexibility index (Phi) is 6.33. The Morgan fingerprint density at radius 3 is 2.37 bits per heavy atom. The quantitative estimate of drug-likeness (QED) is 0.751. The van der Waals surface area contributed by atoms with Gasteiger partial charge in [-0.1, -0.05) is 38.1 Å². The second kappa shape index (κ2) is 8.48. The first-order valence-corrected chi connectivity index (χ1v) is 8.42. The Morgan fingerprint density at radius 1 is 1.15 bits per heavy atom. The number of carbonyl (C=O) groups excluding carboxylic acids is 3. The fourth-order valence-corrected chi connectivity index (χ4v) is 2.18. The molecule has 1 heterocycles. The number of nitrogens with one attached hydrogen (secondary N) is 2. The average Bonchev–Trinajstić information content (AvgIpc) is 3.02. The van der Waals surface area contributed by atoms with Gasteiger partial charge in [-0.25, -0.2) is 0 Å². The van der Waals surface area contributed by atoms with Crippen LogP contribution in [-0.4, -0.2) is 36.1 Å². The third kappa shape index (κ3) is 6.25. The van der Waals surface area contributed by atoms with Gasteiger partial charge in [0.25, 0.3) is 11.8 Å². The number of nitrogens with zero attached hydrogens (tertiary/aromatic N) is 1.